The molecule has 0 fully saturated rings. The number of alkyl halides is 1. The fourth-order valence-electron chi connectivity index (χ4n) is 1.02. The summed E-state index contributed by atoms with van der Waals surface area (Å²) in [7, 11) is -3.33. The molecule has 0 saturated carbocycles. The van der Waals surface area contributed by atoms with Crippen molar-refractivity contribution in [2.24, 2.45) is 0 Å². The Morgan fingerprint density at radius 1 is 1.47 bits per heavy atom. The van der Waals surface area contributed by atoms with Crippen molar-refractivity contribution in [3.8, 4) is 0 Å². The number of benzene rings is 1. The third-order valence-electron chi connectivity index (χ3n) is 1.74. The molecule has 0 saturated heterocycles. The maximum atomic E-state index is 11.4. The van der Waals surface area contributed by atoms with Gasteiger partial charge in [0.15, 0.2) is 0 Å². The zero-order chi connectivity index (χ0) is 11.5. The minimum absolute atomic E-state index is 0.0822. The molecule has 15 heavy (non-hydrogen) atoms. The van der Waals surface area contributed by atoms with Gasteiger partial charge in [0.1, 0.15) is 0 Å². The summed E-state index contributed by atoms with van der Waals surface area (Å²) in [5, 5.41) is 0. The van der Waals surface area contributed by atoms with Crippen molar-refractivity contribution in [2.45, 2.75) is 6.92 Å². The number of sulfonamides is 1. The van der Waals surface area contributed by atoms with E-state index in [2.05, 4.69) is 20.7 Å². The molecule has 0 aliphatic heterocycles. The van der Waals surface area contributed by atoms with Gasteiger partial charge >= 0.3 is 0 Å². The van der Waals surface area contributed by atoms with E-state index in [9.17, 15) is 8.42 Å². The highest BCUT2D eigenvalue weighted by molar-refractivity contribution is 9.10. The summed E-state index contributed by atoms with van der Waals surface area (Å²) in [6.45, 7) is 1.93. The first-order valence-electron chi connectivity index (χ1n) is 4.27. The van der Waals surface area contributed by atoms with Crippen molar-refractivity contribution in [3.63, 3.8) is 0 Å². The van der Waals surface area contributed by atoms with Crippen molar-refractivity contribution in [2.75, 3.05) is 16.4 Å². The van der Waals surface area contributed by atoms with Crippen molar-refractivity contribution in [3.05, 3.63) is 28.2 Å². The molecule has 0 radical (unpaired) electrons. The molecule has 1 N–H and O–H groups in total. The number of anilines is 1. The van der Waals surface area contributed by atoms with Gasteiger partial charge in [-0.25, -0.2) is 8.42 Å². The molecular formula is C9H11BrClNO2S. The van der Waals surface area contributed by atoms with Gasteiger partial charge in [-0.2, -0.15) is 0 Å². The van der Waals surface area contributed by atoms with E-state index >= 15 is 0 Å². The lowest BCUT2D eigenvalue weighted by molar-refractivity contribution is 0.602. The van der Waals surface area contributed by atoms with Crippen LogP contribution < -0.4 is 4.72 Å². The van der Waals surface area contributed by atoms with Crippen LogP contribution in [0.3, 0.4) is 0 Å². The molecule has 0 aliphatic rings. The van der Waals surface area contributed by atoms with Crippen LogP contribution in [0.2, 0.25) is 0 Å². The highest BCUT2D eigenvalue weighted by atomic mass is 79.9. The van der Waals surface area contributed by atoms with Crippen LogP contribution in [0.4, 0.5) is 5.69 Å². The van der Waals surface area contributed by atoms with Crippen LogP contribution in [0.15, 0.2) is 22.7 Å². The average molecular weight is 313 g/mol. The Hall–Kier alpha value is -0.260. The fraction of sp³-hybridized carbons (Fsp3) is 0.333. The summed E-state index contributed by atoms with van der Waals surface area (Å²) in [6, 6.07) is 5.40. The van der Waals surface area contributed by atoms with E-state index in [1.54, 1.807) is 6.07 Å². The van der Waals surface area contributed by atoms with E-state index in [0.717, 1.165) is 10.0 Å². The maximum Gasteiger partial charge on any atom is 0.233 e. The van der Waals surface area contributed by atoms with Crippen molar-refractivity contribution < 1.29 is 8.42 Å². The minimum Gasteiger partial charge on any atom is -0.282 e. The lowest BCUT2D eigenvalue weighted by Crippen LogP contribution is -2.17. The van der Waals surface area contributed by atoms with Gasteiger partial charge < -0.3 is 0 Å². The number of rotatable bonds is 4. The van der Waals surface area contributed by atoms with E-state index in [1.165, 1.54) is 0 Å². The fourth-order valence-corrected chi connectivity index (χ4v) is 3.17. The number of aryl methyl sites for hydroxylation is 1. The summed E-state index contributed by atoms with van der Waals surface area (Å²) >= 11 is 8.68. The Morgan fingerprint density at radius 3 is 2.67 bits per heavy atom. The van der Waals surface area contributed by atoms with Gasteiger partial charge in [-0.1, -0.05) is 6.07 Å². The molecule has 6 heteroatoms. The van der Waals surface area contributed by atoms with E-state index < -0.39 is 10.0 Å². The molecule has 0 bridgehead atoms. The third-order valence-corrected chi connectivity index (χ3v) is 4.08. The van der Waals surface area contributed by atoms with Gasteiger partial charge in [0, 0.05) is 10.4 Å². The molecule has 1 rings (SSSR count). The molecule has 1 aromatic carbocycles. The molecule has 0 atom stereocenters. The van der Waals surface area contributed by atoms with Crippen LogP contribution in [0.5, 0.6) is 0 Å². The van der Waals surface area contributed by atoms with Crippen LogP contribution in [0.1, 0.15) is 5.56 Å². The first kappa shape index (κ1) is 12.8. The van der Waals surface area contributed by atoms with Gasteiger partial charge in [0.2, 0.25) is 10.0 Å². The second kappa shape index (κ2) is 5.18. The Labute approximate surface area is 103 Å². The van der Waals surface area contributed by atoms with Gasteiger partial charge in [-0.3, -0.25) is 4.72 Å². The standard InChI is InChI=1S/C9H11BrClNO2S/c1-7-2-3-9(8(10)6-7)12-15(13,14)5-4-11/h2-3,6,12H,4-5H2,1H3. The molecule has 0 amide bonds. The summed E-state index contributed by atoms with van der Waals surface area (Å²) in [5.41, 5.74) is 1.59. The van der Waals surface area contributed by atoms with E-state index in [0.29, 0.717) is 5.69 Å². The number of hydrogen-bond acceptors (Lipinski definition) is 2. The molecule has 0 heterocycles. The van der Waals surface area contributed by atoms with Crippen molar-refractivity contribution >= 4 is 43.2 Å². The summed E-state index contributed by atoms with van der Waals surface area (Å²) in [4.78, 5) is 0. The van der Waals surface area contributed by atoms with Gasteiger partial charge in [0.05, 0.1) is 11.4 Å². The lowest BCUT2D eigenvalue weighted by atomic mass is 10.2. The van der Waals surface area contributed by atoms with E-state index in [1.807, 2.05) is 19.1 Å². The molecule has 0 aliphatic carbocycles. The summed E-state index contributed by atoms with van der Waals surface area (Å²) < 4.78 is 26.0. The summed E-state index contributed by atoms with van der Waals surface area (Å²) in [6.07, 6.45) is 0. The third kappa shape index (κ3) is 4.01. The zero-order valence-corrected chi connectivity index (χ0v) is 11.3. The highest BCUT2D eigenvalue weighted by Gasteiger charge is 2.11. The molecule has 3 nitrogen and oxygen atoms in total. The maximum absolute atomic E-state index is 11.4. The zero-order valence-electron chi connectivity index (χ0n) is 8.13. The quantitative estimate of drug-likeness (QED) is 0.869. The monoisotopic (exact) mass is 311 g/mol. The summed E-state index contributed by atoms with van der Waals surface area (Å²) in [5.74, 6) is -0.00626. The van der Waals surface area contributed by atoms with Gasteiger partial charge in [-0.05, 0) is 40.5 Å². The molecule has 0 aromatic heterocycles. The van der Waals surface area contributed by atoms with Crippen LogP contribution in [-0.4, -0.2) is 20.1 Å². The average Bonchev–Trinajstić information content (AvgIpc) is 2.09. The predicted molar refractivity (Wildman–Crippen MR) is 67.0 cm³/mol. The Balaban J connectivity index is 2.90. The first-order valence-corrected chi connectivity index (χ1v) is 7.25. The van der Waals surface area contributed by atoms with E-state index in [4.69, 9.17) is 11.6 Å². The topological polar surface area (TPSA) is 46.2 Å². The molecule has 0 unspecified atom stereocenters. The van der Waals surface area contributed by atoms with Crippen molar-refractivity contribution in [1.82, 2.24) is 0 Å². The smallest absolute Gasteiger partial charge is 0.233 e. The van der Waals surface area contributed by atoms with Crippen LogP contribution >= 0.6 is 27.5 Å². The van der Waals surface area contributed by atoms with Crippen molar-refractivity contribution in [1.29, 1.82) is 0 Å². The Bertz CT molecular complexity index is 447. The van der Waals surface area contributed by atoms with E-state index in [-0.39, 0.29) is 11.6 Å². The Morgan fingerprint density at radius 2 is 2.13 bits per heavy atom. The number of halogens is 2. The van der Waals surface area contributed by atoms with Crippen LogP contribution in [-0.2, 0) is 10.0 Å². The van der Waals surface area contributed by atoms with Crippen LogP contribution in [0.25, 0.3) is 0 Å². The molecule has 0 spiro atoms. The number of nitrogens with one attached hydrogen (secondary N) is 1. The SMILES string of the molecule is Cc1ccc(NS(=O)(=O)CCCl)c(Br)c1. The van der Waals surface area contributed by atoms with Crippen LogP contribution in [0, 0.1) is 6.92 Å². The molecule has 84 valence electrons. The predicted octanol–water partition coefficient (Wildman–Crippen LogP) is 2.74. The van der Waals surface area contributed by atoms with Gasteiger partial charge in [-0.15, -0.1) is 11.6 Å². The lowest BCUT2D eigenvalue weighted by Gasteiger charge is -2.08. The van der Waals surface area contributed by atoms with Gasteiger partial charge in [0.25, 0.3) is 0 Å². The Kier molecular flexibility index (Phi) is 4.43. The second-order valence-electron chi connectivity index (χ2n) is 3.09. The second-order valence-corrected chi connectivity index (χ2v) is 6.17. The normalized spacial score (nSPS) is 11.4. The number of hydrogen-bond donors (Lipinski definition) is 1. The minimum atomic E-state index is -3.33. The largest absolute Gasteiger partial charge is 0.282 e. The highest BCUT2D eigenvalue weighted by Crippen LogP contribution is 2.24. The molecule has 1 aromatic rings. The first-order chi connectivity index (χ1) is 6.94. The molecular weight excluding hydrogens is 302 g/mol.